The second-order valence-electron chi connectivity index (χ2n) is 27.9. The van der Waals surface area contributed by atoms with Gasteiger partial charge in [-0.15, -0.1) is 0 Å². The number of rotatable bonds is 21. The predicted molar refractivity (Wildman–Crippen MR) is 467 cm³/mol. The maximum absolute atomic E-state index is 5.86. The predicted octanol–water partition coefficient (Wildman–Crippen LogP) is 28.9. The molecule has 0 saturated carbocycles. The van der Waals surface area contributed by atoms with Crippen molar-refractivity contribution in [3.8, 4) is 40.2 Å². The molecule has 0 saturated heterocycles. The molecule has 14 aromatic carbocycles. The maximum Gasteiger partial charge on any atom is 0.121 e. The van der Waals surface area contributed by atoms with Gasteiger partial charge < -0.3 is 33.2 Å². The third-order valence-corrected chi connectivity index (χ3v) is 18.2. The van der Waals surface area contributed by atoms with Gasteiger partial charge in [0.05, 0.1) is 0 Å². The molecular weight excluding hydrogens is 1370 g/mol. The molecule has 14 rings (SSSR count). The standard InChI is InChI=1S/7C15H16O/c7*1-12-8-10-15(11-9-12)16-13(2)14-6-4-3-5-7-14/h7*3-11,13H,1-2H3. The largest absolute Gasteiger partial charge is 0.486 e. The summed E-state index contributed by atoms with van der Waals surface area (Å²) < 4.78 is 41.0. The lowest BCUT2D eigenvalue weighted by Crippen LogP contribution is -2.02. The van der Waals surface area contributed by atoms with Gasteiger partial charge in [0.15, 0.2) is 0 Å². The van der Waals surface area contributed by atoms with Gasteiger partial charge in [0.2, 0.25) is 0 Å². The Balaban J connectivity index is 0.000000164. The van der Waals surface area contributed by atoms with E-state index in [1.165, 1.54) is 77.9 Å². The minimum absolute atomic E-state index is 0.0870. The fourth-order valence-electron chi connectivity index (χ4n) is 11.3. The van der Waals surface area contributed by atoms with E-state index in [1.807, 2.05) is 212 Å². The molecule has 112 heavy (non-hydrogen) atoms. The number of aryl methyl sites for hydroxylation is 7. The van der Waals surface area contributed by atoms with Crippen molar-refractivity contribution in [3.63, 3.8) is 0 Å². The molecule has 574 valence electrons. The van der Waals surface area contributed by atoms with Crippen molar-refractivity contribution in [3.05, 3.63) is 460 Å². The van der Waals surface area contributed by atoms with Gasteiger partial charge in [-0.05, 0) is 221 Å². The Morgan fingerprint density at radius 1 is 0.125 bits per heavy atom. The zero-order chi connectivity index (χ0) is 79.7. The van der Waals surface area contributed by atoms with Crippen molar-refractivity contribution < 1.29 is 33.2 Å². The summed E-state index contributed by atoms with van der Waals surface area (Å²) in [6.07, 6.45) is 0.609. The van der Waals surface area contributed by atoms with E-state index < -0.39 is 0 Å². The van der Waals surface area contributed by atoms with Crippen LogP contribution in [0.2, 0.25) is 0 Å². The summed E-state index contributed by atoms with van der Waals surface area (Å²) in [5.41, 5.74) is 17.1. The smallest absolute Gasteiger partial charge is 0.121 e. The number of hydrogen-bond acceptors (Lipinski definition) is 7. The van der Waals surface area contributed by atoms with Crippen molar-refractivity contribution in [2.24, 2.45) is 0 Å². The molecule has 0 bridgehead atoms. The van der Waals surface area contributed by atoms with Gasteiger partial charge in [0, 0.05) is 0 Å². The molecule has 14 aromatic rings. The Labute approximate surface area is 669 Å². The molecule has 0 spiro atoms. The van der Waals surface area contributed by atoms with Crippen LogP contribution in [-0.2, 0) is 0 Å². The van der Waals surface area contributed by atoms with Gasteiger partial charge in [-0.25, -0.2) is 0 Å². The summed E-state index contributed by atoms with van der Waals surface area (Å²) >= 11 is 0. The van der Waals surface area contributed by atoms with Crippen molar-refractivity contribution in [2.45, 2.75) is 140 Å². The van der Waals surface area contributed by atoms with Crippen LogP contribution in [0.25, 0.3) is 0 Å². The minimum Gasteiger partial charge on any atom is -0.486 e. The van der Waals surface area contributed by atoms with Crippen LogP contribution < -0.4 is 33.2 Å². The molecule has 7 nitrogen and oxygen atoms in total. The van der Waals surface area contributed by atoms with Crippen molar-refractivity contribution in [2.75, 3.05) is 0 Å². The molecule has 0 amide bonds. The van der Waals surface area contributed by atoms with Crippen LogP contribution in [0, 0.1) is 48.5 Å². The van der Waals surface area contributed by atoms with E-state index in [1.54, 1.807) is 0 Å². The van der Waals surface area contributed by atoms with E-state index in [0.29, 0.717) is 0 Å². The van der Waals surface area contributed by atoms with E-state index in [-0.39, 0.29) is 42.7 Å². The molecule has 0 aliphatic carbocycles. The highest BCUT2D eigenvalue weighted by Gasteiger charge is 2.12. The molecule has 7 heteroatoms. The van der Waals surface area contributed by atoms with Crippen molar-refractivity contribution >= 4 is 0 Å². The normalized spacial score (nSPS) is 12.1. The van der Waals surface area contributed by atoms with Crippen LogP contribution in [0.4, 0.5) is 0 Å². The first kappa shape index (κ1) is 85.3. The van der Waals surface area contributed by atoms with Crippen LogP contribution in [0.5, 0.6) is 40.2 Å². The van der Waals surface area contributed by atoms with Crippen LogP contribution in [0.1, 0.15) is 169 Å². The summed E-state index contributed by atoms with van der Waals surface area (Å²) in [4.78, 5) is 0. The molecule has 0 radical (unpaired) electrons. The van der Waals surface area contributed by atoms with Crippen LogP contribution in [0.15, 0.2) is 382 Å². The maximum atomic E-state index is 5.86. The summed E-state index contributed by atoms with van der Waals surface area (Å²) in [5.74, 6) is 6.43. The zero-order valence-electron chi connectivity index (χ0n) is 67.8. The van der Waals surface area contributed by atoms with Gasteiger partial charge in [0.1, 0.15) is 83.0 Å². The highest BCUT2D eigenvalue weighted by atomic mass is 16.5. The molecule has 0 fully saturated rings. The fraction of sp³-hybridized carbons (Fsp3) is 0.200. The Morgan fingerprint density at radius 2 is 0.214 bits per heavy atom. The van der Waals surface area contributed by atoms with Gasteiger partial charge in [0.25, 0.3) is 0 Å². The quantitative estimate of drug-likeness (QED) is 0.0710. The number of hydrogen-bond donors (Lipinski definition) is 0. The second kappa shape index (κ2) is 46.9. The van der Waals surface area contributed by atoms with E-state index in [9.17, 15) is 0 Å². The van der Waals surface area contributed by atoms with Crippen LogP contribution >= 0.6 is 0 Å². The van der Waals surface area contributed by atoms with E-state index in [2.05, 4.69) is 267 Å². The van der Waals surface area contributed by atoms with Gasteiger partial charge in [-0.2, -0.15) is 0 Å². The summed E-state index contributed by atoms with van der Waals surface area (Å²) in [6.45, 7) is 29.0. The van der Waals surface area contributed by atoms with Gasteiger partial charge in [-0.1, -0.05) is 336 Å². The van der Waals surface area contributed by atoms with E-state index in [0.717, 1.165) is 40.2 Å². The highest BCUT2D eigenvalue weighted by molar-refractivity contribution is 5.35. The third kappa shape index (κ3) is 31.7. The molecule has 0 N–H and O–H groups in total. The minimum atomic E-state index is 0.0870. The van der Waals surface area contributed by atoms with Crippen molar-refractivity contribution in [1.29, 1.82) is 0 Å². The average molecular weight is 1490 g/mol. The monoisotopic (exact) mass is 1480 g/mol. The lowest BCUT2D eigenvalue weighted by atomic mass is 10.1. The van der Waals surface area contributed by atoms with E-state index >= 15 is 0 Å². The molecule has 0 heterocycles. The topological polar surface area (TPSA) is 64.6 Å². The van der Waals surface area contributed by atoms with Gasteiger partial charge >= 0.3 is 0 Å². The molecule has 0 aliphatic rings. The van der Waals surface area contributed by atoms with Crippen molar-refractivity contribution in [1.82, 2.24) is 0 Å². The summed E-state index contributed by atoms with van der Waals surface area (Å²) in [7, 11) is 0. The molecule has 0 aromatic heterocycles. The Bertz CT molecular complexity index is 3890. The molecule has 7 unspecified atom stereocenters. The Kier molecular flexibility index (Phi) is 35.7. The number of benzene rings is 14. The number of ether oxygens (including phenoxy) is 7. The summed E-state index contributed by atoms with van der Waals surface area (Å²) in [6, 6.07) is 129. The third-order valence-electron chi connectivity index (χ3n) is 18.2. The summed E-state index contributed by atoms with van der Waals surface area (Å²) in [5, 5.41) is 0. The fourth-order valence-corrected chi connectivity index (χ4v) is 11.3. The van der Waals surface area contributed by atoms with Gasteiger partial charge in [-0.3, -0.25) is 0 Å². The van der Waals surface area contributed by atoms with Crippen LogP contribution in [0.3, 0.4) is 0 Å². The highest BCUT2D eigenvalue weighted by Crippen LogP contribution is 2.29. The second-order valence-corrected chi connectivity index (χ2v) is 27.9. The average Bonchev–Trinajstić information content (AvgIpc) is 0.913. The first-order valence-corrected chi connectivity index (χ1v) is 38.8. The molecule has 0 aliphatic heterocycles. The first-order chi connectivity index (χ1) is 54.3. The lowest BCUT2D eigenvalue weighted by Gasteiger charge is -2.15. The Morgan fingerprint density at radius 3 is 0.304 bits per heavy atom. The molecular formula is C105H112O7. The first-order valence-electron chi connectivity index (χ1n) is 38.8. The molecule has 7 atom stereocenters. The Hall–Kier alpha value is -12.3. The zero-order valence-corrected chi connectivity index (χ0v) is 67.8. The van der Waals surface area contributed by atoms with E-state index in [4.69, 9.17) is 33.2 Å². The SMILES string of the molecule is Cc1ccc(OC(C)c2ccccc2)cc1.Cc1ccc(OC(C)c2ccccc2)cc1.Cc1ccc(OC(C)c2ccccc2)cc1.Cc1ccc(OC(C)c2ccccc2)cc1.Cc1ccc(OC(C)c2ccccc2)cc1.Cc1ccc(OC(C)c2ccccc2)cc1.Cc1ccc(OC(C)c2ccccc2)cc1. The van der Waals surface area contributed by atoms with Crippen LogP contribution in [-0.4, -0.2) is 0 Å². The lowest BCUT2D eigenvalue weighted by molar-refractivity contribution is 0.226.